The Bertz CT molecular complexity index is 389. The van der Waals surface area contributed by atoms with Gasteiger partial charge in [-0.15, -0.1) is 6.58 Å². The summed E-state index contributed by atoms with van der Waals surface area (Å²) in [5.41, 5.74) is 6.33. The molecule has 98 valence electrons. The molecule has 0 aromatic carbocycles. The van der Waals surface area contributed by atoms with E-state index in [2.05, 4.69) is 11.9 Å². The van der Waals surface area contributed by atoms with Crippen LogP contribution >= 0.6 is 0 Å². The minimum absolute atomic E-state index is 0.00270. The van der Waals surface area contributed by atoms with Crippen LogP contribution in [-0.4, -0.2) is 37.7 Å². The van der Waals surface area contributed by atoms with Gasteiger partial charge in [-0.1, -0.05) is 5.57 Å². The van der Waals surface area contributed by atoms with Crippen LogP contribution in [0.3, 0.4) is 0 Å². The van der Waals surface area contributed by atoms with Crippen molar-refractivity contribution in [3.63, 3.8) is 0 Å². The Morgan fingerprint density at radius 2 is 2.06 bits per heavy atom. The van der Waals surface area contributed by atoms with Crippen molar-refractivity contribution in [2.75, 3.05) is 12.8 Å². The van der Waals surface area contributed by atoms with Crippen LogP contribution in [0, 0.1) is 11.3 Å². The molecule has 0 spiro atoms. The molecule has 0 aromatic heterocycles. The first kappa shape index (κ1) is 17.9. The number of amides is 1. The van der Waals surface area contributed by atoms with Crippen LogP contribution in [0.15, 0.2) is 12.2 Å². The fourth-order valence-electron chi connectivity index (χ4n) is 0.726. The zero-order chi connectivity index (χ0) is 14.1. The van der Waals surface area contributed by atoms with Crippen LogP contribution in [0.2, 0.25) is 0 Å². The second-order valence-electron chi connectivity index (χ2n) is 3.38. The van der Waals surface area contributed by atoms with E-state index in [-0.39, 0.29) is 12.5 Å². The summed E-state index contributed by atoms with van der Waals surface area (Å²) in [5, 5.41) is 10.5. The third-order valence-corrected chi connectivity index (χ3v) is 1.25. The maximum Gasteiger partial charge on any atom is 0.261 e. The van der Waals surface area contributed by atoms with Crippen molar-refractivity contribution >= 4 is 16.0 Å². The molecular formula is C9H17N3O4S. The predicted molar refractivity (Wildman–Crippen MR) is 63.5 cm³/mol. The summed E-state index contributed by atoms with van der Waals surface area (Å²) >= 11 is 0. The highest BCUT2D eigenvalue weighted by atomic mass is 32.2. The van der Waals surface area contributed by atoms with Gasteiger partial charge in [0, 0.05) is 0 Å². The van der Waals surface area contributed by atoms with E-state index in [9.17, 15) is 13.2 Å². The van der Waals surface area contributed by atoms with Gasteiger partial charge in [0.25, 0.3) is 10.1 Å². The average Bonchev–Trinajstić information content (AvgIpc) is 2.10. The first-order chi connectivity index (χ1) is 7.57. The van der Waals surface area contributed by atoms with Crippen molar-refractivity contribution in [1.29, 1.82) is 5.26 Å². The SMILES string of the molecule is C=C(C)C[C@H](N)C(=O)NCC#N.CS(=O)(=O)O. The monoisotopic (exact) mass is 263 g/mol. The van der Waals surface area contributed by atoms with E-state index in [1.807, 2.05) is 0 Å². The minimum atomic E-state index is -3.67. The summed E-state index contributed by atoms with van der Waals surface area (Å²) in [6, 6.07) is 1.21. The molecule has 7 nitrogen and oxygen atoms in total. The predicted octanol–water partition coefficient (Wildman–Crippen LogP) is -0.576. The van der Waals surface area contributed by atoms with Crippen LogP contribution < -0.4 is 11.1 Å². The molecular weight excluding hydrogens is 246 g/mol. The molecule has 17 heavy (non-hydrogen) atoms. The van der Waals surface area contributed by atoms with Crippen molar-refractivity contribution in [1.82, 2.24) is 5.32 Å². The number of carbonyl (C=O) groups excluding carboxylic acids is 1. The summed E-state index contributed by atoms with van der Waals surface area (Å²) in [7, 11) is -3.67. The normalized spacial score (nSPS) is 11.5. The standard InChI is InChI=1S/C8H13N3O.CH4O3S/c1-6(2)5-7(10)8(12)11-4-3-9;1-5(2,3)4/h7H,1,4-5,10H2,2H3,(H,11,12);1H3,(H,2,3,4)/t7-;/m0./s1. The fraction of sp³-hybridized carbons (Fsp3) is 0.556. The second-order valence-corrected chi connectivity index (χ2v) is 4.84. The number of nitriles is 1. The van der Waals surface area contributed by atoms with Gasteiger partial charge in [0.1, 0.15) is 6.54 Å². The number of hydrogen-bond donors (Lipinski definition) is 3. The Kier molecular flexibility index (Phi) is 9.18. The lowest BCUT2D eigenvalue weighted by Crippen LogP contribution is -2.40. The van der Waals surface area contributed by atoms with Gasteiger partial charge < -0.3 is 11.1 Å². The van der Waals surface area contributed by atoms with E-state index in [4.69, 9.17) is 15.5 Å². The number of nitrogens with two attached hydrogens (primary N) is 1. The molecule has 0 aromatic rings. The molecule has 0 unspecified atom stereocenters. The second kappa shape index (κ2) is 8.69. The molecule has 0 aliphatic rings. The molecule has 0 heterocycles. The van der Waals surface area contributed by atoms with Crippen molar-refractivity contribution in [3.8, 4) is 6.07 Å². The summed E-state index contributed by atoms with van der Waals surface area (Å²) < 4.78 is 25.9. The van der Waals surface area contributed by atoms with Crippen molar-refractivity contribution < 1.29 is 17.8 Å². The minimum Gasteiger partial charge on any atom is -0.342 e. The Morgan fingerprint density at radius 3 is 2.35 bits per heavy atom. The number of hydrogen-bond acceptors (Lipinski definition) is 5. The van der Waals surface area contributed by atoms with Crippen molar-refractivity contribution in [2.45, 2.75) is 19.4 Å². The number of nitrogens with one attached hydrogen (secondary N) is 1. The topological polar surface area (TPSA) is 133 Å². The summed E-state index contributed by atoms with van der Waals surface area (Å²) in [5.74, 6) is -0.306. The zero-order valence-electron chi connectivity index (χ0n) is 9.80. The first-order valence-electron chi connectivity index (χ1n) is 4.55. The Hall–Kier alpha value is -1.43. The lowest BCUT2D eigenvalue weighted by atomic mass is 10.1. The molecule has 0 radical (unpaired) electrons. The van der Waals surface area contributed by atoms with Gasteiger partial charge >= 0.3 is 0 Å². The third-order valence-electron chi connectivity index (χ3n) is 1.25. The highest BCUT2D eigenvalue weighted by molar-refractivity contribution is 7.85. The molecule has 0 rings (SSSR count). The smallest absolute Gasteiger partial charge is 0.261 e. The quantitative estimate of drug-likeness (QED) is 0.353. The van der Waals surface area contributed by atoms with Gasteiger partial charge in [0.15, 0.2) is 0 Å². The van der Waals surface area contributed by atoms with Crippen molar-refractivity contribution in [3.05, 3.63) is 12.2 Å². The van der Waals surface area contributed by atoms with Gasteiger partial charge in [-0.05, 0) is 13.3 Å². The number of rotatable bonds is 4. The van der Waals surface area contributed by atoms with Crippen molar-refractivity contribution in [2.24, 2.45) is 5.73 Å². The molecule has 0 aliphatic carbocycles. The molecule has 1 amide bonds. The van der Waals surface area contributed by atoms with E-state index in [1.165, 1.54) is 0 Å². The maximum atomic E-state index is 11.0. The van der Waals surface area contributed by atoms with Crippen LogP contribution in [0.5, 0.6) is 0 Å². The van der Waals surface area contributed by atoms with Gasteiger partial charge in [-0.2, -0.15) is 13.7 Å². The maximum absolute atomic E-state index is 11.0. The molecule has 0 bridgehead atoms. The van der Waals surface area contributed by atoms with E-state index >= 15 is 0 Å². The van der Waals surface area contributed by atoms with E-state index in [0.717, 1.165) is 5.57 Å². The van der Waals surface area contributed by atoms with Crippen LogP contribution in [0.4, 0.5) is 0 Å². The molecule has 0 saturated heterocycles. The van der Waals surface area contributed by atoms with Crippen LogP contribution in [-0.2, 0) is 14.9 Å². The van der Waals surface area contributed by atoms with E-state index in [0.29, 0.717) is 12.7 Å². The molecule has 0 fully saturated rings. The fourth-order valence-corrected chi connectivity index (χ4v) is 0.726. The Labute approximate surface area is 101 Å². The average molecular weight is 263 g/mol. The van der Waals surface area contributed by atoms with E-state index in [1.54, 1.807) is 13.0 Å². The lowest BCUT2D eigenvalue weighted by molar-refractivity contribution is -0.122. The third kappa shape index (κ3) is 20.6. The van der Waals surface area contributed by atoms with Crippen LogP contribution in [0.25, 0.3) is 0 Å². The molecule has 4 N–H and O–H groups in total. The van der Waals surface area contributed by atoms with Gasteiger partial charge in [0.2, 0.25) is 5.91 Å². The van der Waals surface area contributed by atoms with Crippen LogP contribution in [0.1, 0.15) is 13.3 Å². The number of nitrogens with zero attached hydrogens (tertiary/aromatic N) is 1. The zero-order valence-corrected chi connectivity index (χ0v) is 10.6. The summed E-state index contributed by atoms with van der Waals surface area (Å²) in [6.45, 7) is 5.44. The molecule has 8 heteroatoms. The number of carbonyl (C=O) groups is 1. The molecule has 0 aliphatic heterocycles. The summed E-state index contributed by atoms with van der Waals surface area (Å²) in [6.07, 6.45) is 1.17. The highest BCUT2D eigenvalue weighted by Gasteiger charge is 2.11. The van der Waals surface area contributed by atoms with Gasteiger partial charge in [-0.3, -0.25) is 9.35 Å². The summed E-state index contributed by atoms with van der Waals surface area (Å²) in [4.78, 5) is 11.0. The van der Waals surface area contributed by atoms with Gasteiger partial charge in [-0.25, -0.2) is 0 Å². The lowest BCUT2D eigenvalue weighted by Gasteiger charge is -2.09. The Morgan fingerprint density at radius 1 is 1.65 bits per heavy atom. The molecule has 0 saturated carbocycles. The van der Waals surface area contributed by atoms with E-state index < -0.39 is 16.2 Å². The van der Waals surface area contributed by atoms with Gasteiger partial charge in [0.05, 0.1) is 18.4 Å². The highest BCUT2D eigenvalue weighted by Crippen LogP contribution is 1.98. The Balaban J connectivity index is 0. The molecule has 1 atom stereocenters. The first-order valence-corrected chi connectivity index (χ1v) is 6.39. The largest absolute Gasteiger partial charge is 0.342 e.